The van der Waals surface area contributed by atoms with Crippen molar-refractivity contribution in [2.45, 2.75) is 19.4 Å². The van der Waals surface area contributed by atoms with Crippen molar-refractivity contribution in [1.82, 2.24) is 5.32 Å². The molecule has 0 aliphatic heterocycles. The largest absolute Gasteiger partial charge is 0.493 e. The van der Waals surface area contributed by atoms with Crippen molar-refractivity contribution in [1.29, 1.82) is 0 Å². The standard InChI is InChI=1S/C22H25NO7/c1-4-29-18-11-10-16(13-19(18)27-2)21(25)30-14-20(24)23-17(22(26)28-3)12-15-8-6-5-7-9-15/h5-11,13,17H,4,12,14H2,1-3H3,(H,23,24). The van der Waals surface area contributed by atoms with E-state index in [-0.39, 0.29) is 12.0 Å². The fourth-order valence-electron chi connectivity index (χ4n) is 2.71. The molecule has 2 aromatic carbocycles. The van der Waals surface area contributed by atoms with Crippen molar-refractivity contribution in [3.63, 3.8) is 0 Å². The van der Waals surface area contributed by atoms with Crippen LogP contribution in [-0.2, 0) is 25.5 Å². The third kappa shape index (κ3) is 6.51. The van der Waals surface area contributed by atoms with Crippen LogP contribution < -0.4 is 14.8 Å². The molecule has 2 rings (SSSR count). The lowest BCUT2D eigenvalue weighted by Crippen LogP contribution is -2.44. The van der Waals surface area contributed by atoms with Gasteiger partial charge in [0.2, 0.25) is 0 Å². The average molecular weight is 415 g/mol. The summed E-state index contributed by atoms with van der Waals surface area (Å²) in [5, 5.41) is 2.54. The number of hydrogen-bond donors (Lipinski definition) is 1. The summed E-state index contributed by atoms with van der Waals surface area (Å²) in [6, 6.07) is 12.9. The number of amides is 1. The highest BCUT2D eigenvalue weighted by Crippen LogP contribution is 2.28. The zero-order valence-electron chi connectivity index (χ0n) is 17.2. The zero-order valence-corrected chi connectivity index (χ0v) is 17.2. The van der Waals surface area contributed by atoms with Gasteiger partial charge in [-0.2, -0.15) is 0 Å². The van der Waals surface area contributed by atoms with Crippen molar-refractivity contribution in [3.05, 3.63) is 59.7 Å². The minimum Gasteiger partial charge on any atom is -0.493 e. The van der Waals surface area contributed by atoms with Gasteiger partial charge in [0, 0.05) is 6.42 Å². The highest BCUT2D eigenvalue weighted by Gasteiger charge is 2.23. The Morgan fingerprint density at radius 2 is 1.73 bits per heavy atom. The Bertz CT molecular complexity index is 867. The molecule has 2 aromatic rings. The molecule has 0 heterocycles. The second kappa shape index (κ2) is 11.5. The van der Waals surface area contributed by atoms with Crippen molar-refractivity contribution >= 4 is 17.8 Å². The van der Waals surface area contributed by atoms with Gasteiger partial charge in [-0.1, -0.05) is 30.3 Å². The molecule has 8 nitrogen and oxygen atoms in total. The Balaban J connectivity index is 1.96. The number of carbonyl (C=O) groups excluding carboxylic acids is 3. The van der Waals surface area contributed by atoms with Crippen LogP contribution in [0.5, 0.6) is 11.5 Å². The second-order valence-corrected chi connectivity index (χ2v) is 6.21. The van der Waals surface area contributed by atoms with E-state index < -0.39 is 30.5 Å². The lowest BCUT2D eigenvalue weighted by molar-refractivity contribution is -0.145. The Hall–Kier alpha value is -3.55. The summed E-state index contributed by atoms with van der Waals surface area (Å²) < 4.78 is 20.4. The first-order chi connectivity index (χ1) is 14.5. The summed E-state index contributed by atoms with van der Waals surface area (Å²) in [6.07, 6.45) is 0.253. The van der Waals surface area contributed by atoms with Crippen molar-refractivity contribution in [2.75, 3.05) is 27.4 Å². The first-order valence-electron chi connectivity index (χ1n) is 9.37. The Morgan fingerprint density at radius 3 is 2.37 bits per heavy atom. The molecule has 0 fully saturated rings. The van der Waals surface area contributed by atoms with Crippen molar-refractivity contribution in [2.24, 2.45) is 0 Å². The molecule has 0 aromatic heterocycles. The van der Waals surface area contributed by atoms with Crippen LogP contribution in [0.2, 0.25) is 0 Å². The fraction of sp³-hybridized carbons (Fsp3) is 0.318. The molecular formula is C22H25NO7. The van der Waals surface area contributed by atoms with E-state index in [4.69, 9.17) is 18.9 Å². The topological polar surface area (TPSA) is 100 Å². The molecule has 160 valence electrons. The zero-order chi connectivity index (χ0) is 21.9. The molecule has 0 spiro atoms. The van der Waals surface area contributed by atoms with E-state index in [0.717, 1.165) is 5.56 Å². The molecule has 30 heavy (non-hydrogen) atoms. The van der Waals surface area contributed by atoms with Gasteiger partial charge >= 0.3 is 11.9 Å². The molecule has 0 radical (unpaired) electrons. The quantitative estimate of drug-likeness (QED) is 0.594. The van der Waals surface area contributed by atoms with Crippen molar-refractivity contribution in [3.8, 4) is 11.5 Å². The van der Waals surface area contributed by atoms with Crippen LogP contribution in [0.25, 0.3) is 0 Å². The van der Waals surface area contributed by atoms with Gasteiger partial charge in [0.1, 0.15) is 6.04 Å². The predicted molar refractivity (Wildman–Crippen MR) is 109 cm³/mol. The number of methoxy groups -OCH3 is 2. The summed E-state index contributed by atoms with van der Waals surface area (Å²) in [4.78, 5) is 36.5. The predicted octanol–water partition coefficient (Wildman–Crippen LogP) is 2.15. The number of hydrogen-bond acceptors (Lipinski definition) is 7. The summed E-state index contributed by atoms with van der Waals surface area (Å²) in [5.74, 6) is -1.04. The van der Waals surface area contributed by atoms with Gasteiger partial charge in [-0.05, 0) is 30.7 Å². The monoisotopic (exact) mass is 415 g/mol. The Labute approximate surface area is 175 Å². The number of rotatable bonds is 10. The van der Waals surface area contributed by atoms with Gasteiger partial charge in [0.25, 0.3) is 5.91 Å². The molecule has 1 amide bonds. The van der Waals surface area contributed by atoms with E-state index in [1.807, 2.05) is 37.3 Å². The van der Waals surface area contributed by atoms with Crippen LogP contribution in [-0.4, -0.2) is 51.3 Å². The lowest BCUT2D eigenvalue weighted by atomic mass is 10.1. The molecule has 1 atom stereocenters. The summed E-state index contributed by atoms with van der Waals surface area (Å²) >= 11 is 0. The molecular weight excluding hydrogens is 390 g/mol. The summed E-state index contributed by atoms with van der Waals surface area (Å²) in [7, 11) is 2.70. The smallest absolute Gasteiger partial charge is 0.338 e. The summed E-state index contributed by atoms with van der Waals surface area (Å²) in [6.45, 7) is 1.74. The van der Waals surface area contributed by atoms with E-state index in [2.05, 4.69) is 5.32 Å². The molecule has 1 unspecified atom stereocenters. The van der Waals surface area contributed by atoms with Gasteiger partial charge in [0.15, 0.2) is 18.1 Å². The highest BCUT2D eigenvalue weighted by molar-refractivity contribution is 5.92. The number of ether oxygens (including phenoxy) is 4. The lowest BCUT2D eigenvalue weighted by Gasteiger charge is -2.16. The van der Waals surface area contributed by atoms with Crippen LogP contribution in [0.3, 0.4) is 0 Å². The molecule has 0 bridgehead atoms. The maximum absolute atomic E-state index is 12.3. The fourth-order valence-corrected chi connectivity index (χ4v) is 2.71. The number of benzene rings is 2. The van der Waals surface area contributed by atoms with Gasteiger partial charge in [-0.15, -0.1) is 0 Å². The van der Waals surface area contributed by atoms with Crippen molar-refractivity contribution < 1.29 is 33.3 Å². The third-order valence-electron chi connectivity index (χ3n) is 4.14. The Kier molecular flexibility index (Phi) is 8.68. The van der Waals surface area contributed by atoms with E-state index in [1.54, 1.807) is 6.07 Å². The van der Waals surface area contributed by atoms with E-state index >= 15 is 0 Å². The molecule has 0 saturated heterocycles. The Morgan fingerprint density at radius 1 is 1.00 bits per heavy atom. The molecule has 0 aliphatic carbocycles. The van der Waals surface area contributed by atoms with Crippen LogP contribution in [0.4, 0.5) is 0 Å². The highest BCUT2D eigenvalue weighted by atomic mass is 16.5. The first-order valence-corrected chi connectivity index (χ1v) is 9.37. The third-order valence-corrected chi connectivity index (χ3v) is 4.14. The molecule has 0 saturated carbocycles. The maximum atomic E-state index is 12.3. The minimum atomic E-state index is -0.894. The summed E-state index contributed by atoms with van der Waals surface area (Å²) in [5.41, 5.74) is 1.06. The normalized spacial score (nSPS) is 11.2. The van der Waals surface area contributed by atoms with E-state index in [0.29, 0.717) is 18.1 Å². The second-order valence-electron chi connectivity index (χ2n) is 6.21. The van der Waals surface area contributed by atoms with Crippen LogP contribution >= 0.6 is 0 Å². The first kappa shape index (κ1) is 22.7. The van der Waals surface area contributed by atoms with E-state index in [9.17, 15) is 14.4 Å². The van der Waals surface area contributed by atoms with Crippen LogP contribution in [0, 0.1) is 0 Å². The molecule has 1 N–H and O–H groups in total. The van der Waals surface area contributed by atoms with Gasteiger partial charge < -0.3 is 24.3 Å². The van der Waals surface area contributed by atoms with Crippen LogP contribution in [0.1, 0.15) is 22.8 Å². The SMILES string of the molecule is CCOc1ccc(C(=O)OCC(=O)NC(Cc2ccccc2)C(=O)OC)cc1OC. The van der Waals surface area contributed by atoms with Gasteiger partial charge in [-0.25, -0.2) is 9.59 Å². The number of carbonyl (C=O) groups is 3. The van der Waals surface area contributed by atoms with E-state index in [1.165, 1.54) is 26.4 Å². The number of nitrogens with one attached hydrogen (secondary N) is 1. The van der Waals surface area contributed by atoms with Gasteiger partial charge in [0.05, 0.1) is 26.4 Å². The maximum Gasteiger partial charge on any atom is 0.338 e. The van der Waals surface area contributed by atoms with Gasteiger partial charge in [-0.3, -0.25) is 4.79 Å². The molecule has 0 aliphatic rings. The average Bonchev–Trinajstić information content (AvgIpc) is 2.77. The molecule has 8 heteroatoms. The minimum absolute atomic E-state index is 0.205. The number of esters is 2. The van der Waals surface area contributed by atoms with Crippen LogP contribution in [0.15, 0.2) is 48.5 Å².